The number of hydrogen-bond acceptors (Lipinski definition) is 3. The Balaban J connectivity index is 1.50. The van der Waals surface area contributed by atoms with Crippen LogP contribution >= 0.6 is 0 Å². The fourth-order valence-corrected chi connectivity index (χ4v) is 3.61. The summed E-state index contributed by atoms with van der Waals surface area (Å²) in [6, 6.07) is 9.08. The van der Waals surface area contributed by atoms with Gasteiger partial charge in [-0.3, -0.25) is 4.79 Å². The zero-order valence-electron chi connectivity index (χ0n) is 14.6. The second-order valence-electron chi connectivity index (χ2n) is 7.87. The number of carbonyl (C=O) groups excluding carboxylic acids is 1. The Labute approximate surface area is 138 Å². The molecule has 0 atom stereocenters. The molecule has 0 unspecified atom stereocenters. The monoisotopic (exact) mass is 315 g/mol. The van der Waals surface area contributed by atoms with Crippen molar-refractivity contribution in [1.29, 1.82) is 0 Å². The van der Waals surface area contributed by atoms with Gasteiger partial charge in [-0.25, -0.2) is 4.99 Å². The smallest absolute Gasteiger partial charge is 0.307 e. The van der Waals surface area contributed by atoms with Gasteiger partial charge < -0.3 is 9.64 Å². The maximum atomic E-state index is 11.8. The predicted molar refractivity (Wildman–Crippen MR) is 90.9 cm³/mol. The molecule has 1 aliphatic carbocycles. The van der Waals surface area contributed by atoms with Crippen molar-refractivity contribution >= 4 is 17.9 Å². The Morgan fingerprint density at radius 1 is 1.35 bits per heavy atom. The molecule has 0 amide bonds. The van der Waals surface area contributed by atoms with Crippen LogP contribution in [0.5, 0.6) is 0 Å². The first-order valence-corrected chi connectivity index (χ1v) is 8.42. The Morgan fingerprint density at radius 2 is 2.04 bits per heavy atom. The molecule has 0 bridgehead atoms. The Bertz CT molecular complexity index is 625. The summed E-state index contributed by atoms with van der Waals surface area (Å²) < 4.78 is 5.38. The van der Waals surface area contributed by atoms with Gasteiger partial charge >= 0.3 is 5.97 Å². The number of carbonyl (C=O) groups is 1. The molecular formula is C19H27N2O2+. The van der Waals surface area contributed by atoms with E-state index in [4.69, 9.17) is 4.74 Å². The van der Waals surface area contributed by atoms with Crippen molar-refractivity contribution in [3.8, 4) is 0 Å². The fourth-order valence-electron chi connectivity index (χ4n) is 3.61. The van der Waals surface area contributed by atoms with Gasteiger partial charge in [0.25, 0.3) is 0 Å². The third-order valence-electron chi connectivity index (χ3n) is 4.88. The molecule has 3 rings (SSSR count). The van der Waals surface area contributed by atoms with E-state index in [-0.39, 0.29) is 11.4 Å². The number of nitrogens with one attached hydrogen (secondary N) is 1. The molecule has 1 N–H and O–H groups in total. The van der Waals surface area contributed by atoms with E-state index < -0.39 is 5.60 Å². The summed E-state index contributed by atoms with van der Waals surface area (Å²) in [6.45, 7) is 6.48. The van der Waals surface area contributed by atoms with E-state index in [2.05, 4.69) is 47.4 Å². The van der Waals surface area contributed by atoms with Crippen LogP contribution in [0.3, 0.4) is 0 Å². The van der Waals surface area contributed by atoms with E-state index in [0.717, 1.165) is 19.4 Å². The number of nitrogens with zero attached hydrogens (tertiary/aromatic N) is 1. The maximum Gasteiger partial charge on any atom is 0.307 e. The second-order valence-corrected chi connectivity index (χ2v) is 7.87. The highest BCUT2D eigenvalue weighted by Crippen LogP contribution is 2.47. The minimum absolute atomic E-state index is 0.113. The van der Waals surface area contributed by atoms with Gasteiger partial charge in [0.2, 0.25) is 5.69 Å². The number of esters is 1. The minimum Gasteiger partial charge on any atom is -0.460 e. The van der Waals surface area contributed by atoms with Crippen LogP contribution in [-0.4, -0.2) is 42.3 Å². The lowest BCUT2D eigenvalue weighted by atomic mass is 9.62. The highest BCUT2D eigenvalue weighted by molar-refractivity contribution is 5.78. The maximum absolute atomic E-state index is 11.8. The van der Waals surface area contributed by atoms with Gasteiger partial charge in [-0.15, -0.1) is 0 Å². The molecule has 0 radical (unpaired) electrons. The Kier molecular flexibility index (Phi) is 4.05. The minimum atomic E-state index is -0.398. The van der Waals surface area contributed by atoms with E-state index >= 15 is 0 Å². The van der Waals surface area contributed by atoms with Crippen molar-refractivity contribution in [2.75, 3.05) is 13.6 Å². The summed E-state index contributed by atoms with van der Waals surface area (Å²) in [7, 11) is 2.11. The highest BCUT2D eigenvalue weighted by atomic mass is 16.6. The van der Waals surface area contributed by atoms with Crippen LogP contribution in [-0.2, 0) is 14.9 Å². The van der Waals surface area contributed by atoms with E-state index in [1.54, 1.807) is 0 Å². The van der Waals surface area contributed by atoms with Crippen LogP contribution in [0.2, 0.25) is 0 Å². The number of ether oxygens (including phenoxy) is 1. The largest absolute Gasteiger partial charge is 0.460 e. The average Bonchev–Trinajstić information content (AvgIpc) is 2.81. The predicted octanol–water partition coefficient (Wildman–Crippen LogP) is 1.55. The van der Waals surface area contributed by atoms with Crippen LogP contribution in [0, 0.1) is 0 Å². The zero-order valence-corrected chi connectivity index (χ0v) is 14.6. The first-order chi connectivity index (χ1) is 10.8. The van der Waals surface area contributed by atoms with Crippen LogP contribution in [0.25, 0.3) is 0 Å². The number of hydrogen-bond donors (Lipinski definition) is 1. The van der Waals surface area contributed by atoms with Crippen molar-refractivity contribution in [2.24, 2.45) is 0 Å². The summed E-state index contributed by atoms with van der Waals surface area (Å²) in [5, 5.41) is 0. The van der Waals surface area contributed by atoms with Crippen LogP contribution < -0.4 is 4.99 Å². The molecule has 0 saturated heterocycles. The van der Waals surface area contributed by atoms with Crippen LogP contribution in [0.1, 0.15) is 45.6 Å². The van der Waals surface area contributed by atoms with Gasteiger partial charge in [0.1, 0.15) is 5.60 Å². The van der Waals surface area contributed by atoms with Crippen molar-refractivity contribution in [2.45, 2.75) is 57.1 Å². The molecule has 124 valence electrons. The first-order valence-electron chi connectivity index (χ1n) is 8.42. The second kappa shape index (κ2) is 5.75. The third-order valence-corrected chi connectivity index (χ3v) is 4.88. The molecule has 1 spiro atoms. The Hall–Kier alpha value is -1.68. The van der Waals surface area contributed by atoms with Crippen molar-refractivity contribution in [3.63, 3.8) is 0 Å². The fraction of sp³-hybridized carbons (Fsp3) is 0.579. The first kappa shape index (κ1) is 16.2. The third kappa shape index (κ3) is 3.32. The number of fused-ring (bicyclic) bond motifs is 2. The SMILES string of the molecule is CN(CCC(=O)OC(C)(C)C)C1CC2(C=[NH+]c3ccccc32)C1. The lowest BCUT2D eigenvalue weighted by Crippen LogP contribution is -2.63. The van der Waals surface area contributed by atoms with Crippen molar-refractivity contribution in [3.05, 3.63) is 29.8 Å². The summed E-state index contributed by atoms with van der Waals surface area (Å²) in [6.07, 6.45) is 4.93. The number of rotatable bonds is 4. The molecule has 4 nitrogen and oxygen atoms in total. The highest BCUT2D eigenvalue weighted by Gasteiger charge is 2.52. The molecular weight excluding hydrogens is 288 g/mol. The van der Waals surface area contributed by atoms with Gasteiger partial charge in [0.05, 0.1) is 11.8 Å². The molecule has 1 saturated carbocycles. The lowest BCUT2D eigenvalue weighted by molar-refractivity contribution is -0.345. The lowest BCUT2D eigenvalue weighted by Gasteiger charge is -2.46. The standard InChI is InChI=1S/C19H26N2O2/c1-18(2,3)23-17(22)9-10-21(4)14-11-19(12-14)13-20-16-8-6-5-7-15(16)19/h5-8,13-14H,9-12H2,1-4H3/p+1. The van der Waals surface area contributed by atoms with Gasteiger partial charge in [-0.1, -0.05) is 18.2 Å². The van der Waals surface area contributed by atoms with Gasteiger partial charge in [-0.05, 0) is 40.7 Å². The van der Waals surface area contributed by atoms with Crippen molar-refractivity contribution in [1.82, 2.24) is 4.90 Å². The molecule has 1 aromatic carbocycles. The molecule has 0 aromatic heterocycles. The summed E-state index contributed by atoms with van der Waals surface area (Å²) in [5.41, 5.74) is 2.44. The summed E-state index contributed by atoms with van der Waals surface area (Å²) in [5.74, 6) is -0.113. The average molecular weight is 315 g/mol. The van der Waals surface area contributed by atoms with Crippen LogP contribution in [0.15, 0.2) is 24.3 Å². The number of para-hydroxylation sites is 1. The number of benzene rings is 1. The van der Waals surface area contributed by atoms with E-state index in [0.29, 0.717) is 12.5 Å². The van der Waals surface area contributed by atoms with E-state index in [1.165, 1.54) is 11.3 Å². The topological polar surface area (TPSA) is 43.5 Å². The molecule has 1 aliphatic heterocycles. The summed E-state index contributed by atoms with van der Waals surface area (Å²) >= 11 is 0. The normalized spacial score (nSPS) is 25.5. The molecule has 1 aromatic rings. The van der Waals surface area contributed by atoms with Gasteiger partial charge in [0, 0.05) is 24.2 Å². The van der Waals surface area contributed by atoms with Gasteiger partial charge in [-0.2, -0.15) is 0 Å². The quantitative estimate of drug-likeness (QED) is 0.857. The van der Waals surface area contributed by atoms with E-state index in [9.17, 15) is 4.79 Å². The van der Waals surface area contributed by atoms with Gasteiger partial charge in [0.15, 0.2) is 6.21 Å². The zero-order chi connectivity index (χ0) is 16.7. The van der Waals surface area contributed by atoms with Crippen LogP contribution in [0.4, 0.5) is 5.69 Å². The van der Waals surface area contributed by atoms with E-state index in [1.807, 2.05) is 20.8 Å². The molecule has 2 aliphatic rings. The molecule has 1 fully saturated rings. The van der Waals surface area contributed by atoms with Crippen molar-refractivity contribution < 1.29 is 14.5 Å². The molecule has 23 heavy (non-hydrogen) atoms. The summed E-state index contributed by atoms with van der Waals surface area (Å²) in [4.78, 5) is 17.5. The Morgan fingerprint density at radius 3 is 2.74 bits per heavy atom. The molecule has 4 heteroatoms. The molecule has 1 heterocycles.